The molecular weight excluding hydrogens is 335 g/mol. The van der Waals surface area contributed by atoms with Gasteiger partial charge < -0.3 is 15.8 Å². The lowest BCUT2D eigenvalue weighted by atomic mass is 9.99. The van der Waals surface area contributed by atoms with Crippen LogP contribution >= 0.6 is 24.8 Å². The number of rotatable bonds is 3. The second kappa shape index (κ2) is 8.15. The molecule has 0 saturated carbocycles. The standard InChI is InChI=1S/C16H18N4O.2ClH/c1-10-16(17)20-13-8-11(5-6-14(13)21-10)15(18-2)12-4-3-7-19-9-12;;/h3-10,15,18H,1-2H3,(H2,17,20);2*1H. The van der Waals surface area contributed by atoms with E-state index in [0.29, 0.717) is 5.84 Å². The summed E-state index contributed by atoms with van der Waals surface area (Å²) in [5.74, 6) is 1.27. The average Bonchev–Trinajstić information content (AvgIpc) is 2.50. The molecule has 1 aromatic heterocycles. The van der Waals surface area contributed by atoms with E-state index in [2.05, 4.69) is 15.3 Å². The molecule has 2 aromatic rings. The molecule has 0 saturated heterocycles. The van der Waals surface area contributed by atoms with E-state index in [1.165, 1.54) is 0 Å². The van der Waals surface area contributed by atoms with Gasteiger partial charge in [0.25, 0.3) is 0 Å². The lowest BCUT2D eigenvalue weighted by molar-refractivity contribution is 0.281. The van der Waals surface area contributed by atoms with Crippen LogP contribution < -0.4 is 15.8 Å². The van der Waals surface area contributed by atoms with Crippen LogP contribution in [0.15, 0.2) is 47.7 Å². The van der Waals surface area contributed by atoms with Crippen molar-refractivity contribution in [3.8, 4) is 5.75 Å². The summed E-state index contributed by atoms with van der Waals surface area (Å²) in [5.41, 5.74) is 8.83. The van der Waals surface area contributed by atoms with E-state index in [0.717, 1.165) is 22.6 Å². The molecule has 1 aliphatic rings. The first-order valence-corrected chi connectivity index (χ1v) is 6.91. The van der Waals surface area contributed by atoms with Crippen molar-refractivity contribution in [2.75, 3.05) is 7.05 Å². The molecule has 0 radical (unpaired) electrons. The number of nitrogens with one attached hydrogen (secondary N) is 1. The van der Waals surface area contributed by atoms with Crippen molar-refractivity contribution < 1.29 is 4.74 Å². The zero-order chi connectivity index (χ0) is 14.8. The van der Waals surface area contributed by atoms with Crippen LogP contribution in [0.25, 0.3) is 0 Å². The fourth-order valence-corrected chi connectivity index (χ4v) is 2.45. The second-order valence-electron chi connectivity index (χ2n) is 5.03. The van der Waals surface area contributed by atoms with Crippen molar-refractivity contribution in [2.45, 2.75) is 19.1 Å². The van der Waals surface area contributed by atoms with Gasteiger partial charge in [-0.2, -0.15) is 0 Å². The van der Waals surface area contributed by atoms with E-state index >= 15 is 0 Å². The Labute approximate surface area is 148 Å². The summed E-state index contributed by atoms with van der Waals surface area (Å²) in [6, 6.07) is 10.0. The average molecular weight is 355 g/mol. The molecule has 2 unspecified atom stereocenters. The van der Waals surface area contributed by atoms with Gasteiger partial charge in [0.1, 0.15) is 17.3 Å². The molecule has 2 atom stereocenters. The molecule has 3 rings (SSSR count). The maximum absolute atomic E-state index is 5.86. The summed E-state index contributed by atoms with van der Waals surface area (Å²) in [7, 11) is 1.92. The predicted molar refractivity (Wildman–Crippen MR) is 97.5 cm³/mol. The van der Waals surface area contributed by atoms with Gasteiger partial charge >= 0.3 is 0 Å². The largest absolute Gasteiger partial charge is 0.481 e. The zero-order valence-electron chi connectivity index (χ0n) is 12.9. The van der Waals surface area contributed by atoms with Crippen molar-refractivity contribution >= 4 is 36.3 Å². The molecule has 5 nitrogen and oxygen atoms in total. The number of nitrogens with zero attached hydrogens (tertiary/aromatic N) is 2. The highest BCUT2D eigenvalue weighted by Crippen LogP contribution is 2.35. The number of pyridine rings is 1. The number of hydrogen-bond donors (Lipinski definition) is 2. The van der Waals surface area contributed by atoms with Crippen LogP contribution in [-0.2, 0) is 0 Å². The van der Waals surface area contributed by atoms with Gasteiger partial charge in [-0.05, 0) is 43.3 Å². The molecule has 1 aromatic carbocycles. The fourth-order valence-electron chi connectivity index (χ4n) is 2.45. The van der Waals surface area contributed by atoms with Crippen molar-refractivity contribution in [3.63, 3.8) is 0 Å². The number of fused-ring (bicyclic) bond motifs is 1. The molecule has 23 heavy (non-hydrogen) atoms. The number of amidine groups is 1. The second-order valence-corrected chi connectivity index (χ2v) is 5.03. The van der Waals surface area contributed by atoms with Crippen LogP contribution in [0.4, 0.5) is 5.69 Å². The molecule has 1 aliphatic heterocycles. The van der Waals surface area contributed by atoms with Crippen LogP contribution in [-0.4, -0.2) is 24.0 Å². The van der Waals surface area contributed by atoms with Crippen LogP contribution in [0.3, 0.4) is 0 Å². The van der Waals surface area contributed by atoms with Crippen LogP contribution in [0.2, 0.25) is 0 Å². The van der Waals surface area contributed by atoms with Gasteiger partial charge in [0.2, 0.25) is 0 Å². The van der Waals surface area contributed by atoms with Crippen molar-refractivity contribution in [1.29, 1.82) is 0 Å². The Morgan fingerprint density at radius 3 is 2.65 bits per heavy atom. The molecule has 7 heteroatoms. The summed E-state index contributed by atoms with van der Waals surface area (Å²) in [6.07, 6.45) is 3.45. The van der Waals surface area contributed by atoms with Gasteiger partial charge in [-0.15, -0.1) is 24.8 Å². The van der Waals surface area contributed by atoms with Gasteiger partial charge in [0, 0.05) is 12.4 Å². The summed E-state index contributed by atoms with van der Waals surface area (Å²) >= 11 is 0. The molecule has 2 heterocycles. The molecule has 0 spiro atoms. The van der Waals surface area contributed by atoms with E-state index in [-0.39, 0.29) is 37.0 Å². The highest BCUT2D eigenvalue weighted by atomic mass is 35.5. The normalized spacial score (nSPS) is 16.8. The topological polar surface area (TPSA) is 72.5 Å². The van der Waals surface area contributed by atoms with Crippen LogP contribution in [0, 0.1) is 0 Å². The number of halogens is 2. The lowest BCUT2D eigenvalue weighted by Gasteiger charge is -2.23. The first-order chi connectivity index (χ1) is 10.2. The highest BCUT2D eigenvalue weighted by Gasteiger charge is 2.20. The quantitative estimate of drug-likeness (QED) is 0.888. The molecule has 3 N–H and O–H groups in total. The third-order valence-electron chi connectivity index (χ3n) is 3.59. The number of aromatic nitrogens is 1. The molecule has 0 bridgehead atoms. The number of hydrogen-bond acceptors (Lipinski definition) is 5. The Bertz CT molecular complexity index is 679. The number of aliphatic imine (C=N–C) groups is 1. The summed E-state index contributed by atoms with van der Waals surface area (Å²) in [5, 5.41) is 3.30. The lowest BCUT2D eigenvalue weighted by Crippen LogP contribution is -2.33. The maximum atomic E-state index is 5.86. The SMILES string of the molecule is CNC(c1cccnc1)c1ccc2c(c1)N=C(N)C(C)O2.Cl.Cl. The van der Waals surface area contributed by atoms with Crippen molar-refractivity contribution in [2.24, 2.45) is 10.7 Å². The van der Waals surface area contributed by atoms with Crippen molar-refractivity contribution in [3.05, 3.63) is 53.9 Å². The van der Waals surface area contributed by atoms with Gasteiger partial charge in [-0.3, -0.25) is 4.98 Å². The molecular formula is C16H20Cl2N4O. The maximum Gasteiger partial charge on any atom is 0.153 e. The van der Waals surface area contributed by atoms with E-state index < -0.39 is 0 Å². The van der Waals surface area contributed by atoms with E-state index in [1.807, 2.05) is 50.5 Å². The smallest absolute Gasteiger partial charge is 0.153 e. The fraction of sp³-hybridized carbons (Fsp3) is 0.250. The summed E-state index contributed by atoms with van der Waals surface area (Å²) in [6.45, 7) is 1.89. The Morgan fingerprint density at radius 2 is 2.00 bits per heavy atom. The monoisotopic (exact) mass is 354 g/mol. The Hall–Kier alpha value is -1.82. The van der Waals surface area contributed by atoms with Crippen molar-refractivity contribution in [1.82, 2.24) is 10.3 Å². The molecule has 0 fully saturated rings. The Balaban J connectivity index is 0.00000132. The van der Waals surface area contributed by atoms with E-state index in [1.54, 1.807) is 6.20 Å². The van der Waals surface area contributed by atoms with Gasteiger partial charge in [0.15, 0.2) is 6.10 Å². The highest BCUT2D eigenvalue weighted by molar-refractivity contribution is 5.89. The zero-order valence-corrected chi connectivity index (χ0v) is 14.5. The summed E-state index contributed by atoms with van der Waals surface area (Å²) < 4.78 is 5.73. The third-order valence-corrected chi connectivity index (χ3v) is 3.59. The number of nitrogens with two attached hydrogens (primary N) is 1. The number of ether oxygens (including phenoxy) is 1. The first kappa shape index (κ1) is 19.2. The summed E-state index contributed by atoms with van der Waals surface area (Å²) in [4.78, 5) is 8.60. The third kappa shape index (κ3) is 3.93. The van der Waals surface area contributed by atoms with E-state index in [4.69, 9.17) is 10.5 Å². The molecule has 0 amide bonds. The van der Waals surface area contributed by atoms with E-state index in [9.17, 15) is 0 Å². The Morgan fingerprint density at radius 1 is 1.22 bits per heavy atom. The minimum atomic E-state index is -0.179. The molecule has 0 aliphatic carbocycles. The van der Waals surface area contributed by atoms with Crippen LogP contribution in [0.1, 0.15) is 24.1 Å². The first-order valence-electron chi connectivity index (χ1n) is 6.91. The van der Waals surface area contributed by atoms with Gasteiger partial charge in [-0.25, -0.2) is 4.99 Å². The minimum absolute atomic E-state index is 0. The predicted octanol–water partition coefficient (Wildman–Crippen LogP) is 3.00. The Kier molecular flexibility index (Phi) is 6.81. The van der Waals surface area contributed by atoms with Gasteiger partial charge in [-0.1, -0.05) is 12.1 Å². The van der Waals surface area contributed by atoms with Gasteiger partial charge in [0.05, 0.1) is 6.04 Å². The number of benzene rings is 1. The minimum Gasteiger partial charge on any atom is -0.481 e. The van der Waals surface area contributed by atoms with Crippen LogP contribution in [0.5, 0.6) is 5.75 Å². The molecule has 124 valence electrons.